The van der Waals surface area contributed by atoms with Crippen molar-refractivity contribution in [2.75, 3.05) is 13.2 Å². The van der Waals surface area contributed by atoms with Crippen LogP contribution in [-0.4, -0.2) is 13.2 Å². The highest BCUT2D eigenvalue weighted by atomic mass is 16.5. The summed E-state index contributed by atoms with van der Waals surface area (Å²) in [6, 6.07) is 17.2. The Balaban J connectivity index is 1.51. The quantitative estimate of drug-likeness (QED) is 0.170. The zero-order valence-electron chi connectivity index (χ0n) is 22.2. The molecule has 2 rings (SSSR count). The molecule has 2 heteroatoms. The molecule has 34 heavy (non-hydrogen) atoms. The molecule has 0 aliphatic rings. The third kappa shape index (κ3) is 13.7. The van der Waals surface area contributed by atoms with Gasteiger partial charge in [-0.1, -0.05) is 115 Å². The van der Waals surface area contributed by atoms with Crippen molar-refractivity contribution in [3.8, 4) is 11.5 Å². The summed E-state index contributed by atoms with van der Waals surface area (Å²) in [5.74, 6) is 1.86. The first-order valence-electron chi connectivity index (χ1n) is 14.2. The molecule has 190 valence electrons. The van der Waals surface area contributed by atoms with Crippen LogP contribution in [0.3, 0.4) is 0 Å². The second kappa shape index (κ2) is 19.4. The lowest BCUT2D eigenvalue weighted by atomic mass is 10.0. The molecule has 0 aliphatic carbocycles. The molecule has 0 atom stereocenters. The fraction of sp³-hybridized carbons (Fsp3) is 0.625. The lowest BCUT2D eigenvalue weighted by molar-refractivity contribution is 0.217. The highest BCUT2D eigenvalue weighted by Gasteiger charge is 2.00. The van der Waals surface area contributed by atoms with Gasteiger partial charge >= 0.3 is 0 Å². The Morgan fingerprint density at radius 2 is 0.735 bits per heavy atom. The maximum Gasteiger partial charge on any atom is 0.122 e. The Hall–Kier alpha value is -1.96. The van der Waals surface area contributed by atoms with Crippen LogP contribution in [0.4, 0.5) is 0 Å². The largest absolute Gasteiger partial charge is 0.490 e. The molecule has 0 amide bonds. The molecule has 2 nitrogen and oxygen atoms in total. The van der Waals surface area contributed by atoms with E-state index in [9.17, 15) is 0 Å². The summed E-state index contributed by atoms with van der Waals surface area (Å²) >= 11 is 0. The average Bonchev–Trinajstić information content (AvgIpc) is 2.87. The van der Waals surface area contributed by atoms with Crippen LogP contribution in [0.2, 0.25) is 0 Å². The third-order valence-electron chi connectivity index (χ3n) is 6.61. The van der Waals surface area contributed by atoms with Gasteiger partial charge in [-0.3, -0.25) is 0 Å². The Morgan fingerprint density at radius 3 is 1.09 bits per heavy atom. The van der Waals surface area contributed by atoms with Crippen LogP contribution in [0.1, 0.15) is 115 Å². The Kier molecular flexibility index (Phi) is 16.1. The molecule has 0 heterocycles. The van der Waals surface area contributed by atoms with Crippen LogP contribution >= 0.6 is 0 Å². The van der Waals surface area contributed by atoms with Gasteiger partial charge in [0, 0.05) is 0 Å². The number of benzene rings is 2. The van der Waals surface area contributed by atoms with Crippen molar-refractivity contribution in [3.05, 3.63) is 59.7 Å². The van der Waals surface area contributed by atoms with E-state index in [0.29, 0.717) is 13.2 Å². The number of ether oxygens (including phenoxy) is 2. The molecule has 0 N–H and O–H groups in total. The molecule has 0 radical (unpaired) electrons. The van der Waals surface area contributed by atoms with Gasteiger partial charge in [0.1, 0.15) is 24.7 Å². The van der Waals surface area contributed by atoms with Crippen molar-refractivity contribution in [2.24, 2.45) is 0 Å². The van der Waals surface area contributed by atoms with E-state index in [1.54, 1.807) is 0 Å². The molecule has 0 unspecified atom stereocenters. The first kappa shape index (κ1) is 28.3. The number of hydrogen-bond acceptors (Lipinski definition) is 2. The Bertz CT molecular complexity index is 641. The van der Waals surface area contributed by atoms with Crippen LogP contribution in [-0.2, 0) is 12.8 Å². The lowest BCUT2D eigenvalue weighted by Crippen LogP contribution is -2.09. The van der Waals surface area contributed by atoms with E-state index in [1.807, 2.05) is 0 Å². The first-order valence-corrected chi connectivity index (χ1v) is 14.2. The zero-order valence-corrected chi connectivity index (χ0v) is 22.2. The van der Waals surface area contributed by atoms with Gasteiger partial charge in [0.15, 0.2) is 0 Å². The van der Waals surface area contributed by atoms with Gasteiger partial charge in [0.25, 0.3) is 0 Å². The Labute approximate surface area is 210 Å². The minimum absolute atomic E-state index is 0.566. The van der Waals surface area contributed by atoms with Crippen LogP contribution < -0.4 is 9.47 Å². The molecular weight excluding hydrogens is 416 g/mol. The predicted molar refractivity (Wildman–Crippen MR) is 147 cm³/mol. The minimum atomic E-state index is 0.566. The van der Waals surface area contributed by atoms with Crippen LogP contribution in [0.15, 0.2) is 48.5 Å². The van der Waals surface area contributed by atoms with Crippen molar-refractivity contribution < 1.29 is 9.47 Å². The SMILES string of the molecule is CCCCCCCCCc1ccc(OCCOc2ccc(CCCCCCCCC)cc2)cc1. The van der Waals surface area contributed by atoms with E-state index >= 15 is 0 Å². The summed E-state index contributed by atoms with van der Waals surface area (Å²) in [5.41, 5.74) is 2.82. The number of rotatable bonds is 21. The molecule has 0 saturated heterocycles. The molecule has 0 fully saturated rings. The first-order chi connectivity index (χ1) is 16.8. The van der Waals surface area contributed by atoms with E-state index < -0.39 is 0 Å². The van der Waals surface area contributed by atoms with Gasteiger partial charge in [-0.25, -0.2) is 0 Å². The maximum absolute atomic E-state index is 5.86. The highest BCUT2D eigenvalue weighted by molar-refractivity contribution is 5.28. The number of aryl methyl sites for hydroxylation is 2. The molecule has 0 spiro atoms. The fourth-order valence-corrected chi connectivity index (χ4v) is 4.40. The van der Waals surface area contributed by atoms with Crippen molar-refractivity contribution in [3.63, 3.8) is 0 Å². The van der Waals surface area contributed by atoms with Gasteiger partial charge in [-0.15, -0.1) is 0 Å². The molecule has 0 aliphatic heterocycles. The van der Waals surface area contributed by atoms with E-state index in [1.165, 1.54) is 114 Å². The molecule has 2 aromatic rings. The molecule has 0 bridgehead atoms. The average molecular weight is 467 g/mol. The fourth-order valence-electron chi connectivity index (χ4n) is 4.40. The molecular formula is C32H50O2. The number of hydrogen-bond donors (Lipinski definition) is 0. The van der Waals surface area contributed by atoms with Gasteiger partial charge in [0.05, 0.1) is 0 Å². The summed E-state index contributed by atoms with van der Waals surface area (Å²) in [5, 5.41) is 0. The summed E-state index contributed by atoms with van der Waals surface area (Å²) in [6.07, 6.45) is 21.4. The van der Waals surface area contributed by atoms with Crippen molar-refractivity contribution >= 4 is 0 Å². The maximum atomic E-state index is 5.86. The summed E-state index contributed by atoms with van der Waals surface area (Å²) in [6.45, 7) is 5.68. The minimum Gasteiger partial charge on any atom is -0.490 e. The molecule has 0 aromatic heterocycles. The third-order valence-corrected chi connectivity index (χ3v) is 6.61. The standard InChI is InChI=1S/C32H50O2/c1-3-5-7-9-11-13-15-17-29-19-23-31(24-20-29)33-27-28-34-32-25-21-30(22-26-32)18-16-14-12-10-8-6-4-2/h19-26H,3-18,27-28H2,1-2H3. The van der Waals surface area contributed by atoms with Crippen LogP contribution in [0, 0.1) is 0 Å². The topological polar surface area (TPSA) is 18.5 Å². The summed E-state index contributed by atoms with van der Waals surface area (Å²) in [7, 11) is 0. The second-order valence-electron chi connectivity index (χ2n) is 9.73. The van der Waals surface area contributed by atoms with E-state index in [2.05, 4.69) is 62.4 Å². The highest BCUT2D eigenvalue weighted by Crippen LogP contribution is 2.17. The lowest BCUT2D eigenvalue weighted by Gasteiger charge is -2.10. The van der Waals surface area contributed by atoms with Crippen molar-refractivity contribution in [1.29, 1.82) is 0 Å². The van der Waals surface area contributed by atoms with E-state index in [4.69, 9.17) is 9.47 Å². The van der Waals surface area contributed by atoms with Gasteiger partial charge in [-0.05, 0) is 61.1 Å². The van der Waals surface area contributed by atoms with Crippen LogP contribution in [0.25, 0.3) is 0 Å². The summed E-state index contributed by atoms with van der Waals surface area (Å²) < 4.78 is 11.7. The Morgan fingerprint density at radius 1 is 0.412 bits per heavy atom. The number of unbranched alkanes of at least 4 members (excludes halogenated alkanes) is 12. The van der Waals surface area contributed by atoms with Crippen molar-refractivity contribution in [1.82, 2.24) is 0 Å². The predicted octanol–water partition coefficient (Wildman–Crippen LogP) is 9.73. The van der Waals surface area contributed by atoms with Gasteiger partial charge in [0.2, 0.25) is 0 Å². The van der Waals surface area contributed by atoms with Crippen molar-refractivity contribution in [2.45, 2.75) is 117 Å². The van der Waals surface area contributed by atoms with E-state index in [-0.39, 0.29) is 0 Å². The molecule has 0 saturated carbocycles. The molecule has 2 aromatic carbocycles. The summed E-state index contributed by atoms with van der Waals surface area (Å²) in [4.78, 5) is 0. The van der Waals surface area contributed by atoms with Gasteiger partial charge < -0.3 is 9.47 Å². The normalized spacial score (nSPS) is 11.0. The smallest absolute Gasteiger partial charge is 0.122 e. The van der Waals surface area contributed by atoms with Gasteiger partial charge in [-0.2, -0.15) is 0 Å². The van der Waals surface area contributed by atoms with Crippen LogP contribution in [0.5, 0.6) is 11.5 Å². The monoisotopic (exact) mass is 466 g/mol. The van der Waals surface area contributed by atoms with E-state index in [0.717, 1.165) is 11.5 Å². The zero-order chi connectivity index (χ0) is 24.1. The second-order valence-corrected chi connectivity index (χ2v) is 9.73.